The number of rotatable bonds is 6. The van der Waals surface area contributed by atoms with Gasteiger partial charge in [0, 0.05) is 17.2 Å². The third-order valence-corrected chi connectivity index (χ3v) is 4.80. The lowest BCUT2D eigenvalue weighted by Gasteiger charge is -2.11. The molecule has 0 aliphatic carbocycles. The van der Waals surface area contributed by atoms with Crippen molar-refractivity contribution in [2.75, 3.05) is 21.3 Å². The van der Waals surface area contributed by atoms with Crippen molar-refractivity contribution < 1.29 is 24.1 Å². The molecular weight excluding hydrogens is 386 g/mol. The number of hydrogen-bond donors (Lipinski definition) is 2. The van der Waals surface area contributed by atoms with Gasteiger partial charge in [0.15, 0.2) is 5.65 Å². The monoisotopic (exact) mass is 405 g/mol. The lowest BCUT2D eigenvalue weighted by molar-refractivity contribution is 0.0699. The van der Waals surface area contributed by atoms with E-state index >= 15 is 0 Å². The molecule has 2 N–H and O–H groups in total. The molecule has 0 fully saturated rings. The minimum atomic E-state index is -1.08. The molecule has 0 bridgehead atoms. The second-order valence-electron chi connectivity index (χ2n) is 6.46. The van der Waals surface area contributed by atoms with Crippen molar-refractivity contribution in [3.63, 3.8) is 0 Å². The average molecular weight is 405 g/mol. The molecule has 0 aliphatic heterocycles. The molecule has 2 aromatic heterocycles. The molecule has 8 heteroatoms. The van der Waals surface area contributed by atoms with E-state index in [1.54, 1.807) is 38.5 Å². The molecule has 0 radical (unpaired) electrons. The maximum atomic E-state index is 12.1. The smallest absolute Gasteiger partial charge is 0.336 e. The van der Waals surface area contributed by atoms with Crippen molar-refractivity contribution >= 4 is 17.0 Å². The third kappa shape index (κ3) is 3.28. The zero-order chi connectivity index (χ0) is 21.3. The summed E-state index contributed by atoms with van der Waals surface area (Å²) >= 11 is 0. The molecule has 0 spiro atoms. The molecule has 2 heterocycles. The number of methoxy groups -OCH3 is 3. The van der Waals surface area contributed by atoms with E-state index in [4.69, 9.17) is 14.2 Å². The van der Waals surface area contributed by atoms with Crippen LogP contribution in [0.25, 0.3) is 33.5 Å². The van der Waals surface area contributed by atoms with E-state index < -0.39 is 5.97 Å². The van der Waals surface area contributed by atoms with E-state index in [1.165, 1.54) is 13.2 Å². The summed E-state index contributed by atoms with van der Waals surface area (Å²) in [6.07, 6.45) is 0. The number of nitrogens with zero attached hydrogens (tertiary/aromatic N) is 2. The molecule has 30 heavy (non-hydrogen) atoms. The number of aromatic amines is 1. The Hall–Kier alpha value is -4.07. The Kier molecular flexibility index (Phi) is 4.97. The predicted octanol–water partition coefficient (Wildman–Crippen LogP) is 4.02. The van der Waals surface area contributed by atoms with Gasteiger partial charge >= 0.3 is 5.97 Å². The van der Waals surface area contributed by atoms with Gasteiger partial charge in [-0.25, -0.2) is 9.78 Å². The van der Waals surface area contributed by atoms with Gasteiger partial charge in [-0.3, -0.25) is 5.10 Å². The fourth-order valence-electron chi connectivity index (χ4n) is 3.33. The first-order chi connectivity index (χ1) is 14.5. The minimum Gasteiger partial charge on any atom is -0.497 e. The Morgan fingerprint density at radius 3 is 2.43 bits per heavy atom. The Labute approximate surface area is 172 Å². The largest absolute Gasteiger partial charge is 0.497 e. The molecule has 4 aromatic rings. The number of aromatic carboxylic acids is 1. The number of aromatic nitrogens is 3. The van der Waals surface area contributed by atoms with Crippen molar-refractivity contribution in [1.82, 2.24) is 15.2 Å². The van der Waals surface area contributed by atoms with E-state index in [1.807, 2.05) is 18.2 Å². The van der Waals surface area contributed by atoms with Crippen LogP contribution in [0, 0.1) is 0 Å². The first-order valence-corrected chi connectivity index (χ1v) is 9.05. The Morgan fingerprint density at radius 1 is 0.967 bits per heavy atom. The zero-order valence-electron chi connectivity index (χ0n) is 16.6. The number of pyridine rings is 1. The number of hydrogen-bond acceptors (Lipinski definition) is 6. The van der Waals surface area contributed by atoms with Crippen molar-refractivity contribution in [3.05, 3.63) is 54.1 Å². The highest BCUT2D eigenvalue weighted by Crippen LogP contribution is 2.36. The summed E-state index contributed by atoms with van der Waals surface area (Å²) in [4.78, 5) is 16.7. The lowest BCUT2D eigenvalue weighted by Crippen LogP contribution is -2.01. The molecule has 0 saturated carbocycles. The van der Waals surface area contributed by atoms with Crippen molar-refractivity contribution in [2.24, 2.45) is 0 Å². The predicted molar refractivity (Wildman–Crippen MR) is 111 cm³/mol. The summed E-state index contributed by atoms with van der Waals surface area (Å²) in [5.41, 5.74) is 2.75. The average Bonchev–Trinajstić information content (AvgIpc) is 3.21. The van der Waals surface area contributed by atoms with Crippen LogP contribution in [0.2, 0.25) is 0 Å². The normalized spacial score (nSPS) is 10.8. The summed E-state index contributed by atoms with van der Waals surface area (Å²) in [6.45, 7) is 0. The molecule has 0 aliphatic rings. The van der Waals surface area contributed by atoms with Gasteiger partial charge < -0.3 is 19.3 Å². The molecule has 0 atom stereocenters. The summed E-state index contributed by atoms with van der Waals surface area (Å²) < 4.78 is 15.9. The number of H-pyrrole nitrogens is 1. The maximum absolute atomic E-state index is 12.1. The van der Waals surface area contributed by atoms with Crippen LogP contribution in [-0.4, -0.2) is 47.6 Å². The Balaban J connectivity index is 1.94. The highest BCUT2D eigenvalue weighted by molar-refractivity contribution is 6.08. The van der Waals surface area contributed by atoms with Gasteiger partial charge in [0.05, 0.1) is 43.7 Å². The fourth-order valence-corrected chi connectivity index (χ4v) is 3.33. The van der Waals surface area contributed by atoms with Gasteiger partial charge in [0.2, 0.25) is 0 Å². The Morgan fingerprint density at radius 2 is 1.73 bits per heavy atom. The third-order valence-electron chi connectivity index (χ3n) is 4.80. The fraction of sp³-hybridized carbons (Fsp3) is 0.136. The summed E-state index contributed by atoms with van der Waals surface area (Å²) in [5, 5.41) is 17.5. The maximum Gasteiger partial charge on any atom is 0.336 e. The number of fused-ring (bicyclic) bond motifs is 1. The lowest BCUT2D eigenvalue weighted by atomic mass is 10.0. The minimum absolute atomic E-state index is 0.0828. The quantitative estimate of drug-likeness (QED) is 0.499. The SMILES string of the molecule is COc1cccc(-c2[nH]nc3nc(-c4ccc(OC)cc4OC)cc(C(=O)O)c23)c1. The molecule has 152 valence electrons. The highest BCUT2D eigenvalue weighted by atomic mass is 16.5. The van der Waals surface area contributed by atoms with Crippen LogP contribution < -0.4 is 14.2 Å². The van der Waals surface area contributed by atoms with Gasteiger partial charge in [-0.1, -0.05) is 12.1 Å². The van der Waals surface area contributed by atoms with E-state index in [0.717, 1.165) is 5.56 Å². The van der Waals surface area contributed by atoms with E-state index in [9.17, 15) is 9.90 Å². The van der Waals surface area contributed by atoms with Crippen LogP contribution in [0.15, 0.2) is 48.5 Å². The van der Waals surface area contributed by atoms with Crippen LogP contribution >= 0.6 is 0 Å². The molecular formula is C22H19N3O5. The zero-order valence-corrected chi connectivity index (χ0v) is 16.6. The number of carboxylic acid groups (broad SMARTS) is 1. The second-order valence-corrected chi connectivity index (χ2v) is 6.46. The first-order valence-electron chi connectivity index (χ1n) is 9.05. The van der Waals surface area contributed by atoms with Crippen molar-refractivity contribution in [2.45, 2.75) is 0 Å². The van der Waals surface area contributed by atoms with Gasteiger partial charge in [0.25, 0.3) is 0 Å². The summed E-state index contributed by atoms with van der Waals surface area (Å²) in [7, 11) is 4.67. The van der Waals surface area contributed by atoms with Crippen LogP contribution in [0.1, 0.15) is 10.4 Å². The molecule has 0 unspecified atom stereocenters. The van der Waals surface area contributed by atoms with E-state index in [0.29, 0.717) is 45.2 Å². The van der Waals surface area contributed by atoms with Gasteiger partial charge in [-0.05, 0) is 30.3 Å². The van der Waals surface area contributed by atoms with Crippen LogP contribution in [0.4, 0.5) is 0 Å². The molecule has 8 nitrogen and oxygen atoms in total. The highest BCUT2D eigenvalue weighted by Gasteiger charge is 2.21. The topological polar surface area (TPSA) is 107 Å². The number of carboxylic acids is 1. The van der Waals surface area contributed by atoms with Crippen LogP contribution in [0.3, 0.4) is 0 Å². The molecule has 0 amide bonds. The summed E-state index contributed by atoms with van der Waals surface area (Å²) in [6, 6.07) is 14.1. The number of nitrogens with one attached hydrogen (secondary N) is 1. The number of carbonyl (C=O) groups is 1. The molecule has 0 saturated heterocycles. The summed E-state index contributed by atoms with van der Waals surface area (Å²) in [5.74, 6) is 0.706. The first kappa shape index (κ1) is 19.3. The van der Waals surface area contributed by atoms with Crippen molar-refractivity contribution in [1.29, 1.82) is 0 Å². The standard InChI is InChI=1S/C22H19N3O5/c1-28-13-6-4-5-12(9-13)20-19-16(22(26)27)11-17(23-21(19)25-24-20)15-8-7-14(29-2)10-18(15)30-3/h4-11H,1-3H3,(H,26,27)(H,23,24,25). The van der Waals surface area contributed by atoms with E-state index in [-0.39, 0.29) is 5.56 Å². The molecule has 2 aromatic carbocycles. The number of ether oxygens (including phenoxy) is 3. The molecule has 4 rings (SSSR count). The number of benzene rings is 2. The van der Waals surface area contributed by atoms with Gasteiger partial charge in [-0.15, -0.1) is 0 Å². The van der Waals surface area contributed by atoms with Crippen LogP contribution in [-0.2, 0) is 0 Å². The van der Waals surface area contributed by atoms with E-state index in [2.05, 4.69) is 15.2 Å². The van der Waals surface area contributed by atoms with Gasteiger partial charge in [-0.2, -0.15) is 5.10 Å². The van der Waals surface area contributed by atoms with Crippen LogP contribution in [0.5, 0.6) is 17.2 Å². The second kappa shape index (κ2) is 7.75. The van der Waals surface area contributed by atoms with Crippen molar-refractivity contribution in [3.8, 4) is 39.8 Å². The Bertz CT molecular complexity index is 1250. The van der Waals surface area contributed by atoms with Gasteiger partial charge in [0.1, 0.15) is 17.2 Å².